The van der Waals surface area contributed by atoms with Gasteiger partial charge in [0.15, 0.2) is 17.4 Å². The quantitative estimate of drug-likeness (QED) is 0.265. The molecule has 0 radical (unpaired) electrons. The Kier molecular flexibility index (Phi) is 9.84. The van der Waals surface area contributed by atoms with Crippen molar-refractivity contribution >= 4 is 51.1 Å². The van der Waals surface area contributed by atoms with Crippen LogP contribution in [0.15, 0.2) is 41.3 Å². The number of hydroxylamine groups is 1. The molecule has 16 heteroatoms. The molecular formula is C22H22Cl2F2N4O7S. The topological polar surface area (TPSA) is 145 Å². The number of benzene rings is 2. The highest BCUT2D eigenvalue weighted by Crippen LogP contribution is 2.32. The number of alkyl halides is 1. The van der Waals surface area contributed by atoms with Gasteiger partial charge in [-0.05, 0) is 49.2 Å². The van der Waals surface area contributed by atoms with Gasteiger partial charge in [-0.25, -0.2) is 27.5 Å². The first kappa shape index (κ1) is 29.5. The van der Waals surface area contributed by atoms with Gasteiger partial charge < -0.3 is 9.64 Å². The average molecular weight is 595 g/mol. The van der Waals surface area contributed by atoms with Crippen LogP contribution in [0, 0.1) is 11.6 Å². The monoisotopic (exact) mass is 594 g/mol. The third-order valence-corrected chi connectivity index (χ3v) is 7.90. The molecule has 1 aliphatic heterocycles. The molecule has 0 aromatic heterocycles. The van der Waals surface area contributed by atoms with Gasteiger partial charge in [0.1, 0.15) is 17.7 Å². The molecule has 1 unspecified atom stereocenters. The molecule has 206 valence electrons. The van der Waals surface area contributed by atoms with Crippen LogP contribution in [-0.2, 0) is 19.6 Å². The first-order valence-electron chi connectivity index (χ1n) is 11.0. The van der Waals surface area contributed by atoms with Crippen molar-refractivity contribution < 1.29 is 41.5 Å². The van der Waals surface area contributed by atoms with E-state index in [1.807, 2.05) is 5.32 Å². The minimum absolute atomic E-state index is 0.0391. The van der Waals surface area contributed by atoms with Crippen LogP contribution >= 0.6 is 23.2 Å². The number of ether oxygens (including phenoxy) is 1. The van der Waals surface area contributed by atoms with E-state index in [0.717, 1.165) is 4.90 Å². The number of carbonyl (C=O) groups is 3. The molecule has 2 aromatic carbocycles. The standard InChI is InChI=1S/C22H22Cl2F2N4O7S/c23-12-19(31)27-22(33)29-7-1-2-18(21(32)28-34)30(9-8-29)38(35,36)15-10-16(25)20(17(26)11-15)37-14-5-3-13(24)4-6-14/h3-6,10-11,18,34H,1-2,7-9,12H2,(H,28,32)(H,27,31,33). The molecule has 1 heterocycles. The predicted octanol–water partition coefficient (Wildman–Crippen LogP) is 2.85. The summed E-state index contributed by atoms with van der Waals surface area (Å²) in [6.45, 7) is -0.752. The molecule has 1 saturated heterocycles. The fourth-order valence-corrected chi connectivity index (χ4v) is 5.53. The number of hydrogen-bond acceptors (Lipinski definition) is 7. The second-order valence-electron chi connectivity index (χ2n) is 8.00. The van der Waals surface area contributed by atoms with Gasteiger partial charge in [0, 0.05) is 24.7 Å². The van der Waals surface area contributed by atoms with E-state index >= 15 is 0 Å². The molecule has 1 atom stereocenters. The molecule has 0 bridgehead atoms. The normalized spacial score (nSPS) is 16.8. The Balaban J connectivity index is 1.92. The minimum Gasteiger partial charge on any atom is -0.451 e. The van der Waals surface area contributed by atoms with E-state index in [1.54, 1.807) is 0 Å². The van der Waals surface area contributed by atoms with Crippen LogP contribution in [0.2, 0.25) is 5.02 Å². The van der Waals surface area contributed by atoms with E-state index in [1.165, 1.54) is 29.7 Å². The molecular weight excluding hydrogens is 573 g/mol. The van der Waals surface area contributed by atoms with Crippen molar-refractivity contribution in [2.75, 3.05) is 25.5 Å². The highest BCUT2D eigenvalue weighted by atomic mass is 35.5. The molecule has 0 spiro atoms. The molecule has 2 aromatic rings. The average Bonchev–Trinajstić information content (AvgIpc) is 2.86. The largest absolute Gasteiger partial charge is 0.451 e. The number of halogens is 4. The zero-order chi connectivity index (χ0) is 28.0. The Morgan fingerprint density at radius 2 is 1.71 bits per heavy atom. The molecule has 0 saturated carbocycles. The van der Waals surface area contributed by atoms with Crippen LogP contribution < -0.4 is 15.5 Å². The van der Waals surface area contributed by atoms with Crippen molar-refractivity contribution in [3.63, 3.8) is 0 Å². The Bertz CT molecular complexity index is 1290. The minimum atomic E-state index is -4.76. The van der Waals surface area contributed by atoms with E-state index in [4.69, 9.17) is 33.1 Å². The van der Waals surface area contributed by atoms with Crippen molar-refractivity contribution in [1.29, 1.82) is 0 Å². The maximum absolute atomic E-state index is 14.9. The van der Waals surface area contributed by atoms with Crippen LogP contribution in [0.5, 0.6) is 11.5 Å². The van der Waals surface area contributed by atoms with Crippen LogP contribution in [0.25, 0.3) is 0 Å². The van der Waals surface area contributed by atoms with E-state index in [2.05, 4.69) is 0 Å². The molecule has 3 rings (SSSR count). The lowest BCUT2D eigenvalue weighted by molar-refractivity contribution is -0.133. The number of sulfonamides is 1. The Morgan fingerprint density at radius 3 is 2.29 bits per heavy atom. The number of hydrogen-bond donors (Lipinski definition) is 3. The summed E-state index contributed by atoms with van der Waals surface area (Å²) >= 11 is 11.2. The van der Waals surface area contributed by atoms with Crippen LogP contribution in [0.3, 0.4) is 0 Å². The molecule has 4 amide bonds. The third-order valence-electron chi connectivity index (χ3n) is 5.52. The summed E-state index contributed by atoms with van der Waals surface area (Å²) in [5, 5.41) is 11.5. The first-order valence-corrected chi connectivity index (χ1v) is 13.4. The lowest BCUT2D eigenvalue weighted by Gasteiger charge is -2.34. The van der Waals surface area contributed by atoms with Gasteiger partial charge in [0.2, 0.25) is 15.9 Å². The second-order valence-corrected chi connectivity index (χ2v) is 10.6. The summed E-state index contributed by atoms with van der Waals surface area (Å²) in [7, 11) is -4.76. The van der Waals surface area contributed by atoms with E-state index < -0.39 is 68.6 Å². The summed E-state index contributed by atoms with van der Waals surface area (Å²) in [6, 6.07) is 4.32. The maximum atomic E-state index is 14.9. The van der Waals surface area contributed by atoms with Crippen LogP contribution in [-0.4, -0.2) is 72.2 Å². The zero-order valence-corrected chi connectivity index (χ0v) is 21.8. The smallest absolute Gasteiger partial charge is 0.324 e. The molecule has 3 N–H and O–H groups in total. The van der Waals surface area contributed by atoms with E-state index in [0.29, 0.717) is 21.5 Å². The fraction of sp³-hybridized carbons (Fsp3) is 0.318. The number of nitrogens with one attached hydrogen (secondary N) is 2. The Labute approximate surface area is 226 Å². The molecule has 1 aliphatic rings. The number of nitrogens with zero attached hydrogens (tertiary/aromatic N) is 2. The van der Waals surface area contributed by atoms with Crippen molar-refractivity contribution in [2.24, 2.45) is 0 Å². The summed E-state index contributed by atoms with van der Waals surface area (Å²) < 4.78 is 62.5. The Hall–Kier alpha value is -3.04. The lowest BCUT2D eigenvalue weighted by atomic mass is 10.1. The number of imide groups is 1. The number of urea groups is 1. The van der Waals surface area contributed by atoms with Crippen molar-refractivity contribution in [3.8, 4) is 11.5 Å². The lowest BCUT2D eigenvalue weighted by Crippen LogP contribution is -2.55. The van der Waals surface area contributed by atoms with E-state index in [-0.39, 0.29) is 31.7 Å². The summed E-state index contributed by atoms with van der Waals surface area (Å²) in [5.74, 6) is -5.83. The van der Waals surface area contributed by atoms with E-state index in [9.17, 15) is 31.6 Å². The highest BCUT2D eigenvalue weighted by molar-refractivity contribution is 7.89. The maximum Gasteiger partial charge on any atom is 0.324 e. The fourth-order valence-electron chi connectivity index (χ4n) is 3.70. The molecule has 0 aliphatic carbocycles. The molecule has 38 heavy (non-hydrogen) atoms. The van der Waals surface area contributed by atoms with Crippen molar-refractivity contribution in [2.45, 2.75) is 23.8 Å². The van der Waals surface area contributed by atoms with Crippen molar-refractivity contribution in [1.82, 2.24) is 20.0 Å². The molecule has 11 nitrogen and oxygen atoms in total. The van der Waals surface area contributed by atoms with Gasteiger partial charge in [0.05, 0.1) is 4.90 Å². The number of amides is 4. The SMILES string of the molecule is O=C(CCl)NC(=O)N1CCCC(C(=O)NO)N(S(=O)(=O)c2cc(F)c(Oc3ccc(Cl)cc3)c(F)c2)CC1. The zero-order valence-electron chi connectivity index (χ0n) is 19.5. The van der Waals surface area contributed by atoms with Gasteiger partial charge in [-0.15, -0.1) is 11.6 Å². The summed E-state index contributed by atoms with van der Waals surface area (Å²) in [6.07, 6.45) is -0.0786. The second kappa shape index (κ2) is 12.7. The summed E-state index contributed by atoms with van der Waals surface area (Å²) in [4.78, 5) is 36.5. The Morgan fingerprint density at radius 1 is 1.08 bits per heavy atom. The highest BCUT2D eigenvalue weighted by Gasteiger charge is 2.38. The summed E-state index contributed by atoms with van der Waals surface area (Å²) in [5.41, 5.74) is 1.39. The third kappa shape index (κ3) is 6.88. The molecule has 1 fully saturated rings. The van der Waals surface area contributed by atoms with Crippen molar-refractivity contribution in [3.05, 3.63) is 53.1 Å². The van der Waals surface area contributed by atoms with Crippen LogP contribution in [0.1, 0.15) is 12.8 Å². The van der Waals surface area contributed by atoms with Gasteiger partial charge >= 0.3 is 6.03 Å². The number of rotatable bonds is 6. The van der Waals surface area contributed by atoms with Gasteiger partial charge in [0.25, 0.3) is 5.91 Å². The predicted molar refractivity (Wildman–Crippen MR) is 131 cm³/mol. The van der Waals surface area contributed by atoms with Gasteiger partial charge in [-0.1, -0.05) is 11.6 Å². The van der Waals surface area contributed by atoms with Gasteiger partial charge in [-0.3, -0.25) is 20.1 Å². The van der Waals surface area contributed by atoms with Crippen LogP contribution in [0.4, 0.5) is 13.6 Å². The van der Waals surface area contributed by atoms with Gasteiger partial charge in [-0.2, -0.15) is 4.31 Å². The first-order chi connectivity index (χ1) is 18.0. The number of carbonyl (C=O) groups excluding carboxylic acids is 3.